The number of aryl methyl sites for hydroxylation is 2. The van der Waals surface area contributed by atoms with E-state index in [1.807, 2.05) is 67.7 Å². The topological polar surface area (TPSA) is 59.5 Å². The first-order valence-electron chi connectivity index (χ1n) is 9.14. The third-order valence-corrected chi connectivity index (χ3v) is 5.12. The highest BCUT2D eigenvalue weighted by atomic mass is 79.9. The molecule has 0 radical (unpaired) electrons. The van der Waals surface area contributed by atoms with Gasteiger partial charge in [0.2, 0.25) is 5.91 Å². The van der Waals surface area contributed by atoms with Gasteiger partial charge in [-0.2, -0.15) is 0 Å². The number of fused-ring (bicyclic) bond motifs is 1. The van der Waals surface area contributed by atoms with Crippen molar-refractivity contribution in [2.24, 2.45) is 0 Å². The van der Waals surface area contributed by atoms with Crippen LogP contribution in [0.5, 0.6) is 0 Å². The van der Waals surface area contributed by atoms with Crippen LogP contribution in [0.15, 0.2) is 69.7 Å². The molecule has 0 spiro atoms. The molecule has 5 nitrogen and oxygen atoms in total. The summed E-state index contributed by atoms with van der Waals surface area (Å²) in [6.45, 7) is 2.29. The van der Waals surface area contributed by atoms with Gasteiger partial charge in [0.1, 0.15) is 17.2 Å². The van der Waals surface area contributed by atoms with Crippen LogP contribution < -0.4 is 5.32 Å². The van der Waals surface area contributed by atoms with Crippen molar-refractivity contribution in [3.8, 4) is 11.3 Å². The van der Waals surface area contributed by atoms with Gasteiger partial charge in [0.15, 0.2) is 0 Å². The fourth-order valence-corrected chi connectivity index (χ4v) is 3.47. The second kappa shape index (κ2) is 8.02. The lowest BCUT2D eigenvalue weighted by atomic mass is 10.1. The number of furan rings is 1. The van der Waals surface area contributed by atoms with Crippen LogP contribution in [0.25, 0.3) is 16.9 Å². The normalized spacial score (nSPS) is 11.1. The minimum atomic E-state index is -0.0123. The summed E-state index contributed by atoms with van der Waals surface area (Å²) in [7, 11) is 0. The number of hydrogen-bond acceptors (Lipinski definition) is 3. The van der Waals surface area contributed by atoms with Gasteiger partial charge in [-0.3, -0.25) is 4.79 Å². The van der Waals surface area contributed by atoms with Gasteiger partial charge in [0, 0.05) is 22.7 Å². The summed E-state index contributed by atoms with van der Waals surface area (Å²) in [6, 6.07) is 17.8. The quantitative estimate of drug-likeness (QED) is 0.465. The highest BCUT2D eigenvalue weighted by Gasteiger charge is 2.15. The van der Waals surface area contributed by atoms with Gasteiger partial charge in [-0.05, 0) is 49.7 Å². The summed E-state index contributed by atoms with van der Waals surface area (Å²) in [4.78, 5) is 17.1. The lowest BCUT2D eigenvalue weighted by molar-refractivity contribution is -0.121. The molecule has 0 saturated carbocycles. The molecular weight excluding hydrogens is 418 g/mol. The summed E-state index contributed by atoms with van der Waals surface area (Å²) in [6.07, 6.45) is 2.97. The Morgan fingerprint density at radius 1 is 1.14 bits per heavy atom. The number of amides is 1. The zero-order chi connectivity index (χ0) is 19.5. The Hall–Kier alpha value is -2.86. The number of nitrogens with one attached hydrogen (secondary N) is 1. The third kappa shape index (κ3) is 4.02. The zero-order valence-electron chi connectivity index (χ0n) is 15.5. The molecule has 3 aromatic heterocycles. The minimum absolute atomic E-state index is 0.0123. The molecule has 0 saturated heterocycles. The number of hydrogen-bond donors (Lipinski definition) is 1. The molecule has 0 unspecified atom stereocenters. The fourth-order valence-electron chi connectivity index (χ4n) is 3.21. The van der Waals surface area contributed by atoms with Gasteiger partial charge in [-0.15, -0.1) is 0 Å². The SMILES string of the molecule is Cc1ccc(CNC(=O)CCc2c(-c3ccc(Br)cc3)nc3ccccn23)o1. The second-order valence-corrected chi connectivity index (χ2v) is 7.55. The third-order valence-electron chi connectivity index (χ3n) is 4.59. The molecular formula is C22H20BrN3O2. The molecule has 1 N–H and O–H groups in total. The van der Waals surface area contributed by atoms with Gasteiger partial charge in [-0.1, -0.05) is 34.1 Å². The maximum absolute atomic E-state index is 12.4. The van der Waals surface area contributed by atoms with E-state index in [4.69, 9.17) is 9.40 Å². The van der Waals surface area contributed by atoms with E-state index < -0.39 is 0 Å². The molecule has 0 atom stereocenters. The van der Waals surface area contributed by atoms with Crippen LogP contribution in [-0.4, -0.2) is 15.3 Å². The average molecular weight is 438 g/mol. The van der Waals surface area contributed by atoms with Crippen molar-refractivity contribution >= 4 is 27.5 Å². The lowest BCUT2D eigenvalue weighted by Crippen LogP contribution is -2.23. The molecule has 0 aliphatic heterocycles. The van der Waals surface area contributed by atoms with Crippen LogP contribution in [0.2, 0.25) is 0 Å². The van der Waals surface area contributed by atoms with E-state index in [1.54, 1.807) is 0 Å². The maximum Gasteiger partial charge on any atom is 0.220 e. The molecule has 1 amide bonds. The van der Waals surface area contributed by atoms with E-state index in [9.17, 15) is 4.79 Å². The van der Waals surface area contributed by atoms with Crippen LogP contribution in [-0.2, 0) is 17.8 Å². The number of pyridine rings is 1. The fraction of sp³-hybridized carbons (Fsp3) is 0.182. The Kier molecular flexibility index (Phi) is 5.30. The number of carbonyl (C=O) groups is 1. The van der Waals surface area contributed by atoms with Crippen molar-refractivity contribution < 1.29 is 9.21 Å². The van der Waals surface area contributed by atoms with E-state index in [1.165, 1.54) is 0 Å². The van der Waals surface area contributed by atoms with Gasteiger partial charge in [0.25, 0.3) is 0 Å². The molecule has 0 aliphatic rings. The number of carbonyl (C=O) groups excluding carboxylic acids is 1. The molecule has 1 aromatic carbocycles. The predicted octanol–water partition coefficient (Wildman–Crippen LogP) is 4.91. The zero-order valence-corrected chi connectivity index (χ0v) is 17.1. The predicted molar refractivity (Wildman–Crippen MR) is 112 cm³/mol. The van der Waals surface area contributed by atoms with E-state index in [-0.39, 0.29) is 5.91 Å². The highest BCUT2D eigenvalue weighted by molar-refractivity contribution is 9.10. The van der Waals surface area contributed by atoms with Crippen LogP contribution >= 0.6 is 15.9 Å². The van der Waals surface area contributed by atoms with Gasteiger partial charge < -0.3 is 14.1 Å². The van der Waals surface area contributed by atoms with Crippen LogP contribution in [0.1, 0.15) is 23.6 Å². The monoisotopic (exact) mass is 437 g/mol. The summed E-state index contributed by atoms with van der Waals surface area (Å²) >= 11 is 3.47. The summed E-state index contributed by atoms with van der Waals surface area (Å²) in [5.74, 6) is 1.59. The maximum atomic E-state index is 12.4. The van der Waals surface area contributed by atoms with Crippen molar-refractivity contribution in [1.29, 1.82) is 0 Å². The molecule has 0 aliphatic carbocycles. The molecule has 0 bridgehead atoms. The van der Waals surface area contributed by atoms with E-state index in [0.717, 1.165) is 38.6 Å². The van der Waals surface area contributed by atoms with Crippen molar-refractivity contribution in [1.82, 2.24) is 14.7 Å². The molecule has 4 rings (SSSR count). The van der Waals surface area contributed by atoms with Crippen molar-refractivity contribution in [3.05, 3.63) is 82.5 Å². The van der Waals surface area contributed by atoms with Gasteiger partial charge >= 0.3 is 0 Å². The molecule has 142 valence electrons. The van der Waals surface area contributed by atoms with Crippen LogP contribution in [0.4, 0.5) is 0 Å². The van der Waals surface area contributed by atoms with E-state index in [0.29, 0.717) is 19.4 Å². The largest absolute Gasteiger partial charge is 0.465 e. The number of nitrogens with zero attached hydrogens (tertiary/aromatic N) is 2. The molecule has 0 fully saturated rings. The van der Waals surface area contributed by atoms with Gasteiger partial charge in [0.05, 0.1) is 17.9 Å². The van der Waals surface area contributed by atoms with E-state index >= 15 is 0 Å². The minimum Gasteiger partial charge on any atom is -0.465 e. The summed E-state index contributed by atoms with van der Waals surface area (Å²) in [5.41, 5.74) is 3.85. The number of halogens is 1. The highest BCUT2D eigenvalue weighted by Crippen LogP contribution is 2.27. The summed E-state index contributed by atoms with van der Waals surface area (Å²) in [5, 5.41) is 2.92. The van der Waals surface area contributed by atoms with Gasteiger partial charge in [-0.25, -0.2) is 4.98 Å². The average Bonchev–Trinajstić information content (AvgIpc) is 3.28. The first-order valence-corrected chi connectivity index (χ1v) is 9.93. The molecule has 6 heteroatoms. The number of rotatable bonds is 6. The Balaban J connectivity index is 1.53. The second-order valence-electron chi connectivity index (χ2n) is 6.63. The molecule has 4 aromatic rings. The number of aromatic nitrogens is 2. The van der Waals surface area contributed by atoms with E-state index in [2.05, 4.69) is 25.6 Å². The number of benzene rings is 1. The lowest BCUT2D eigenvalue weighted by Gasteiger charge is -2.07. The first-order chi connectivity index (χ1) is 13.6. The first kappa shape index (κ1) is 18.5. The van der Waals surface area contributed by atoms with Crippen molar-refractivity contribution in [2.75, 3.05) is 0 Å². The Morgan fingerprint density at radius 2 is 1.96 bits per heavy atom. The smallest absolute Gasteiger partial charge is 0.220 e. The van der Waals surface area contributed by atoms with Crippen molar-refractivity contribution in [3.63, 3.8) is 0 Å². The molecule has 3 heterocycles. The molecule has 28 heavy (non-hydrogen) atoms. The van der Waals surface area contributed by atoms with Crippen LogP contribution in [0, 0.1) is 6.92 Å². The standard InChI is InChI=1S/C22H20BrN3O2/c1-15-5-10-18(28-15)14-24-21(27)12-11-19-22(16-6-8-17(23)9-7-16)25-20-4-2-3-13-26(19)20/h2-10,13H,11-12,14H2,1H3,(H,24,27). The number of imidazole rings is 1. The Labute approximate surface area is 171 Å². The summed E-state index contributed by atoms with van der Waals surface area (Å²) < 4.78 is 8.57. The Bertz CT molecular complexity index is 1110. The van der Waals surface area contributed by atoms with Crippen LogP contribution in [0.3, 0.4) is 0 Å². The Morgan fingerprint density at radius 3 is 2.71 bits per heavy atom. The van der Waals surface area contributed by atoms with Crippen molar-refractivity contribution in [2.45, 2.75) is 26.3 Å².